The van der Waals surface area contributed by atoms with E-state index >= 15 is 0 Å². The molecule has 2 nitrogen and oxygen atoms in total. The highest BCUT2D eigenvalue weighted by Crippen LogP contribution is 2.36. The highest BCUT2D eigenvalue weighted by Gasteiger charge is 2.08. The molecule has 114 valence electrons. The molecule has 0 saturated carbocycles. The quantitative estimate of drug-likeness (QED) is 0.731. The zero-order valence-corrected chi connectivity index (χ0v) is 14.1. The lowest BCUT2D eigenvalue weighted by molar-refractivity contribution is 0.162. The van der Waals surface area contributed by atoms with Gasteiger partial charge >= 0.3 is 0 Å². The Hall–Kier alpha value is -0.930. The van der Waals surface area contributed by atoms with Gasteiger partial charge in [-0.1, -0.05) is 40.9 Å². The third-order valence-corrected chi connectivity index (χ3v) is 3.37. The molecule has 0 fully saturated rings. The van der Waals surface area contributed by atoms with Crippen LogP contribution in [0.1, 0.15) is 13.8 Å². The van der Waals surface area contributed by atoms with Crippen LogP contribution in [-0.4, -0.2) is 18.3 Å². The number of phenols is 1. The van der Waals surface area contributed by atoms with E-state index in [0.29, 0.717) is 20.6 Å². The molecular formula is C16H17Cl3O2. The maximum Gasteiger partial charge on any atom is 0.124 e. The normalized spacial score (nSPS) is 9.95. The molecule has 0 radical (unpaired) electrons. The van der Waals surface area contributed by atoms with Crippen LogP contribution in [0.4, 0.5) is 0 Å². The second-order valence-electron chi connectivity index (χ2n) is 4.07. The first kappa shape index (κ1) is 18.1. The second kappa shape index (κ2) is 9.16. The monoisotopic (exact) mass is 346 g/mol. The van der Waals surface area contributed by atoms with Crippen LogP contribution in [-0.2, 0) is 4.74 Å². The molecule has 0 aromatic heterocycles. The molecule has 21 heavy (non-hydrogen) atoms. The fourth-order valence-electron chi connectivity index (χ4n) is 1.64. The SMILES string of the molecule is CCOCC.Oc1cc(Cl)ccc1-c1ccc(Cl)cc1Cl. The molecular weight excluding hydrogens is 331 g/mol. The summed E-state index contributed by atoms with van der Waals surface area (Å²) in [5.74, 6) is 0.0942. The van der Waals surface area contributed by atoms with Gasteiger partial charge in [0.1, 0.15) is 5.75 Å². The highest BCUT2D eigenvalue weighted by molar-refractivity contribution is 6.36. The van der Waals surface area contributed by atoms with Crippen LogP contribution >= 0.6 is 34.8 Å². The zero-order valence-electron chi connectivity index (χ0n) is 11.9. The van der Waals surface area contributed by atoms with Crippen molar-refractivity contribution in [2.24, 2.45) is 0 Å². The Morgan fingerprint density at radius 3 is 1.81 bits per heavy atom. The number of aromatic hydroxyl groups is 1. The lowest BCUT2D eigenvalue weighted by Gasteiger charge is -2.07. The van der Waals surface area contributed by atoms with Crippen molar-refractivity contribution in [2.75, 3.05) is 13.2 Å². The van der Waals surface area contributed by atoms with E-state index in [-0.39, 0.29) is 5.75 Å². The van der Waals surface area contributed by atoms with Crippen molar-refractivity contribution in [2.45, 2.75) is 13.8 Å². The van der Waals surface area contributed by atoms with Gasteiger partial charge in [-0.25, -0.2) is 0 Å². The molecule has 0 atom stereocenters. The van der Waals surface area contributed by atoms with Crippen LogP contribution in [0.25, 0.3) is 11.1 Å². The Balaban J connectivity index is 0.000000383. The Morgan fingerprint density at radius 2 is 1.38 bits per heavy atom. The van der Waals surface area contributed by atoms with Crippen molar-refractivity contribution in [3.05, 3.63) is 51.5 Å². The fourth-order valence-corrected chi connectivity index (χ4v) is 2.32. The Morgan fingerprint density at radius 1 is 0.857 bits per heavy atom. The molecule has 0 aliphatic heterocycles. The fraction of sp³-hybridized carbons (Fsp3) is 0.250. The number of benzene rings is 2. The summed E-state index contributed by atoms with van der Waals surface area (Å²) in [5.41, 5.74) is 1.35. The summed E-state index contributed by atoms with van der Waals surface area (Å²) < 4.78 is 4.83. The smallest absolute Gasteiger partial charge is 0.124 e. The van der Waals surface area contributed by atoms with Crippen molar-refractivity contribution in [3.63, 3.8) is 0 Å². The van der Waals surface area contributed by atoms with E-state index in [1.165, 1.54) is 6.07 Å². The molecule has 0 amide bonds. The molecule has 1 N–H and O–H groups in total. The van der Waals surface area contributed by atoms with Gasteiger partial charge in [0.05, 0.1) is 5.02 Å². The van der Waals surface area contributed by atoms with E-state index in [1.807, 2.05) is 13.8 Å². The number of hydrogen-bond acceptors (Lipinski definition) is 2. The number of ether oxygens (including phenoxy) is 1. The van der Waals surface area contributed by atoms with Crippen molar-refractivity contribution in [3.8, 4) is 16.9 Å². The van der Waals surface area contributed by atoms with Crippen molar-refractivity contribution < 1.29 is 9.84 Å². The van der Waals surface area contributed by atoms with E-state index in [2.05, 4.69) is 0 Å². The lowest BCUT2D eigenvalue weighted by Crippen LogP contribution is -1.84. The van der Waals surface area contributed by atoms with E-state index in [1.54, 1.807) is 30.3 Å². The highest BCUT2D eigenvalue weighted by atomic mass is 35.5. The molecule has 0 heterocycles. The predicted octanol–water partition coefficient (Wildman–Crippen LogP) is 6.06. The summed E-state index contributed by atoms with van der Waals surface area (Å²) >= 11 is 17.6. The lowest BCUT2D eigenvalue weighted by atomic mass is 10.0. The minimum atomic E-state index is 0.0942. The molecule has 2 rings (SSSR count). The minimum absolute atomic E-state index is 0.0942. The van der Waals surface area contributed by atoms with Crippen LogP contribution in [0.2, 0.25) is 15.1 Å². The van der Waals surface area contributed by atoms with Crippen molar-refractivity contribution in [1.82, 2.24) is 0 Å². The summed E-state index contributed by atoms with van der Waals surface area (Å²) in [6.45, 7) is 5.67. The van der Waals surface area contributed by atoms with Gasteiger partial charge < -0.3 is 9.84 Å². The van der Waals surface area contributed by atoms with E-state index in [9.17, 15) is 5.11 Å². The molecule has 5 heteroatoms. The van der Waals surface area contributed by atoms with E-state index in [4.69, 9.17) is 39.5 Å². The third kappa shape index (κ3) is 5.76. The molecule has 0 spiro atoms. The molecule has 0 aliphatic carbocycles. The predicted molar refractivity (Wildman–Crippen MR) is 90.7 cm³/mol. The average Bonchev–Trinajstić information content (AvgIpc) is 2.42. The van der Waals surface area contributed by atoms with Crippen LogP contribution in [0.15, 0.2) is 36.4 Å². The van der Waals surface area contributed by atoms with Crippen LogP contribution in [0.5, 0.6) is 5.75 Å². The van der Waals surface area contributed by atoms with Crippen LogP contribution in [0.3, 0.4) is 0 Å². The van der Waals surface area contributed by atoms with Gasteiger partial charge in [-0.05, 0) is 44.2 Å². The molecule has 2 aromatic carbocycles. The van der Waals surface area contributed by atoms with Crippen molar-refractivity contribution >= 4 is 34.8 Å². The van der Waals surface area contributed by atoms with E-state index < -0.39 is 0 Å². The van der Waals surface area contributed by atoms with Gasteiger partial charge in [0, 0.05) is 34.4 Å². The van der Waals surface area contributed by atoms with Gasteiger partial charge in [-0.15, -0.1) is 0 Å². The Kier molecular flexibility index (Phi) is 7.91. The first-order valence-corrected chi connectivity index (χ1v) is 7.64. The first-order valence-electron chi connectivity index (χ1n) is 6.51. The Labute approximate surface area is 140 Å². The standard InChI is InChI=1S/C12H7Cl3O.C4H10O/c13-7-1-3-9(11(15)5-7)10-4-2-8(14)6-12(10)16;1-3-5-4-2/h1-6,16H;3-4H2,1-2H3. The van der Waals surface area contributed by atoms with Gasteiger partial charge in [-0.2, -0.15) is 0 Å². The number of phenolic OH excluding ortho intramolecular Hbond substituents is 1. The average molecular weight is 348 g/mol. The van der Waals surface area contributed by atoms with Gasteiger partial charge in [-0.3, -0.25) is 0 Å². The van der Waals surface area contributed by atoms with Crippen molar-refractivity contribution in [1.29, 1.82) is 0 Å². The van der Waals surface area contributed by atoms with Gasteiger partial charge in [0.15, 0.2) is 0 Å². The van der Waals surface area contributed by atoms with Crippen LogP contribution < -0.4 is 0 Å². The van der Waals surface area contributed by atoms with Gasteiger partial charge in [0.25, 0.3) is 0 Å². The Bertz CT molecular complexity index is 534. The van der Waals surface area contributed by atoms with E-state index in [0.717, 1.165) is 18.8 Å². The first-order chi connectivity index (χ1) is 9.99. The summed E-state index contributed by atoms with van der Waals surface area (Å²) in [6, 6.07) is 9.99. The third-order valence-electron chi connectivity index (χ3n) is 2.59. The summed E-state index contributed by atoms with van der Waals surface area (Å²) in [4.78, 5) is 0. The summed E-state index contributed by atoms with van der Waals surface area (Å²) in [6.07, 6.45) is 0. The number of rotatable bonds is 3. The maximum atomic E-state index is 9.76. The number of hydrogen-bond donors (Lipinski definition) is 1. The largest absolute Gasteiger partial charge is 0.507 e. The maximum absolute atomic E-state index is 9.76. The molecule has 0 saturated heterocycles. The number of halogens is 3. The zero-order chi connectivity index (χ0) is 15.8. The van der Waals surface area contributed by atoms with Crippen LogP contribution in [0, 0.1) is 0 Å². The van der Waals surface area contributed by atoms with Gasteiger partial charge in [0.2, 0.25) is 0 Å². The molecule has 0 bridgehead atoms. The molecule has 2 aromatic rings. The second-order valence-corrected chi connectivity index (χ2v) is 5.35. The minimum Gasteiger partial charge on any atom is -0.507 e. The summed E-state index contributed by atoms with van der Waals surface area (Å²) in [7, 11) is 0. The molecule has 0 aliphatic rings. The topological polar surface area (TPSA) is 29.5 Å². The summed E-state index contributed by atoms with van der Waals surface area (Å²) in [5, 5.41) is 11.3. The molecule has 0 unspecified atom stereocenters.